The molecule has 0 atom stereocenters. The third-order valence-electron chi connectivity index (χ3n) is 2.74. The maximum atomic E-state index is 6.24. The van der Waals surface area contributed by atoms with Crippen molar-refractivity contribution in [3.63, 3.8) is 0 Å². The van der Waals surface area contributed by atoms with Gasteiger partial charge in [0.2, 0.25) is 0 Å². The van der Waals surface area contributed by atoms with E-state index >= 15 is 0 Å². The van der Waals surface area contributed by atoms with Gasteiger partial charge in [-0.25, -0.2) is 0 Å². The molecule has 108 valence electrons. The average Bonchev–Trinajstić information content (AvgIpc) is 2.81. The van der Waals surface area contributed by atoms with Crippen LogP contribution in [0.15, 0.2) is 30.3 Å². The van der Waals surface area contributed by atoms with Gasteiger partial charge in [-0.3, -0.25) is 0 Å². The summed E-state index contributed by atoms with van der Waals surface area (Å²) in [7, 11) is 0. The molecule has 2 nitrogen and oxygen atoms in total. The zero-order valence-electron chi connectivity index (χ0n) is 11.5. The number of halogens is 2. The second-order valence-corrected chi connectivity index (χ2v) is 6.97. The van der Waals surface area contributed by atoms with Crippen molar-refractivity contribution in [1.82, 2.24) is 5.32 Å². The van der Waals surface area contributed by atoms with Crippen molar-refractivity contribution in [2.24, 2.45) is 0 Å². The Bertz CT molecular complexity index is 569. The molecule has 0 fully saturated rings. The van der Waals surface area contributed by atoms with E-state index in [0.717, 1.165) is 27.1 Å². The normalized spacial score (nSPS) is 11.1. The highest BCUT2D eigenvalue weighted by atomic mass is 35.5. The summed E-state index contributed by atoms with van der Waals surface area (Å²) in [6.07, 6.45) is 0. The van der Waals surface area contributed by atoms with Gasteiger partial charge in [-0.2, -0.15) is 0 Å². The monoisotopic (exact) mass is 329 g/mol. The molecule has 1 N–H and O–H groups in total. The highest BCUT2D eigenvalue weighted by Gasteiger charge is 2.10. The molecule has 0 unspecified atom stereocenters. The van der Waals surface area contributed by atoms with Gasteiger partial charge in [-0.15, -0.1) is 11.3 Å². The Hall–Kier alpha value is -0.740. The zero-order valence-corrected chi connectivity index (χ0v) is 13.8. The minimum Gasteiger partial charge on any atom is -0.486 e. The molecular formula is C15H17Cl2NOS. The summed E-state index contributed by atoms with van der Waals surface area (Å²) in [6.45, 7) is 5.44. The molecule has 0 aliphatic heterocycles. The maximum Gasteiger partial charge on any atom is 0.142 e. The maximum absolute atomic E-state index is 6.24. The molecule has 0 saturated carbocycles. The van der Waals surface area contributed by atoms with E-state index < -0.39 is 0 Å². The Morgan fingerprint density at radius 1 is 1.20 bits per heavy atom. The molecule has 0 radical (unpaired) electrons. The van der Waals surface area contributed by atoms with Crippen molar-refractivity contribution in [2.75, 3.05) is 0 Å². The predicted molar refractivity (Wildman–Crippen MR) is 87.1 cm³/mol. The number of para-hydroxylation sites is 1. The summed E-state index contributed by atoms with van der Waals surface area (Å²) in [4.78, 5) is 1.08. The van der Waals surface area contributed by atoms with E-state index in [1.54, 1.807) is 0 Å². The molecule has 0 saturated heterocycles. The Morgan fingerprint density at radius 2 is 2.00 bits per heavy atom. The predicted octanol–water partition coefficient (Wildman–Crippen LogP) is 5.13. The van der Waals surface area contributed by atoms with E-state index in [9.17, 15) is 0 Å². The van der Waals surface area contributed by atoms with E-state index in [1.165, 1.54) is 11.3 Å². The summed E-state index contributed by atoms with van der Waals surface area (Å²) >= 11 is 13.7. The Morgan fingerprint density at radius 3 is 2.65 bits per heavy atom. The quantitative estimate of drug-likeness (QED) is 0.792. The lowest BCUT2D eigenvalue weighted by Gasteiger charge is -2.14. The van der Waals surface area contributed by atoms with Gasteiger partial charge in [0.1, 0.15) is 12.4 Å². The third kappa shape index (κ3) is 4.38. The van der Waals surface area contributed by atoms with Gasteiger partial charge in [0.15, 0.2) is 0 Å². The fourth-order valence-corrected chi connectivity index (χ4v) is 2.99. The standard InChI is InChI=1S/C15H17Cl2NOS/c1-10(2)18-8-11-4-3-5-13(16)15(11)19-9-12-6-7-14(17)20-12/h3-7,10,18H,8-9H2,1-2H3. The van der Waals surface area contributed by atoms with Gasteiger partial charge in [-0.1, -0.05) is 49.2 Å². The number of thiophene rings is 1. The third-order valence-corrected chi connectivity index (χ3v) is 4.24. The largest absolute Gasteiger partial charge is 0.486 e. The zero-order chi connectivity index (χ0) is 14.5. The highest BCUT2D eigenvalue weighted by molar-refractivity contribution is 7.16. The first-order chi connectivity index (χ1) is 9.56. The van der Waals surface area contributed by atoms with Crippen molar-refractivity contribution < 1.29 is 4.74 Å². The van der Waals surface area contributed by atoms with Crippen LogP contribution in [0, 0.1) is 0 Å². The van der Waals surface area contributed by atoms with E-state index in [2.05, 4.69) is 19.2 Å². The molecule has 0 aliphatic rings. The van der Waals surface area contributed by atoms with Gasteiger partial charge in [0, 0.05) is 23.0 Å². The van der Waals surface area contributed by atoms with Crippen LogP contribution in [0.2, 0.25) is 9.36 Å². The van der Waals surface area contributed by atoms with E-state index in [0.29, 0.717) is 17.7 Å². The van der Waals surface area contributed by atoms with Crippen LogP contribution < -0.4 is 10.1 Å². The van der Waals surface area contributed by atoms with Crippen molar-refractivity contribution in [1.29, 1.82) is 0 Å². The van der Waals surface area contributed by atoms with Crippen LogP contribution >= 0.6 is 34.5 Å². The second-order valence-electron chi connectivity index (χ2n) is 4.76. The molecule has 0 amide bonds. The summed E-state index contributed by atoms with van der Waals surface area (Å²) < 4.78 is 6.65. The molecular weight excluding hydrogens is 313 g/mol. The molecule has 20 heavy (non-hydrogen) atoms. The van der Waals surface area contributed by atoms with Crippen molar-refractivity contribution in [3.05, 3.63) is 50.1 Å². The molecule has 0 aliphatic carbocycles. The molecule has 0 spiro atoms. The van der Waals surface area contributed by atoms with E-state index in [1.807, 2.05) is 30.3 Å². The summed E-state index contributed by atoms with van der Waals surface area (Å²) in [5, 5.41) is 4.01. The van der Waals surface area contributed by atoms with Crippen LogP contribution in [0.5, 0.6) is 5.75 Å². The van der Waals surface area contributed by atoms with Gasteiger partial charge >= 0.3 is 0 Å². The molecule has 1 aromatic carbocycles. The number of hydrogen-bond acceptors (Lipinski definition) is 3. The number of benzene rings is 1. The van der Waals surface area contributed by atoms with Crippen LogP contribution in [-0.4, -0.2) is 6.04 Å². The average molecular weight is 330 g/mol. The summed E-state index contributed by atoms with van der Waals surface area (Å²) in [5.74, 6) is 0.742. The van der Waals surface area contributed by atoms with Crippen molar-refractivity contribution in [3.8, 4) is 5.75 Å². The molecule has 1 aromatic heterocycles. The van der Waals surface area contributed by atoms with Crippen molar-refractivity contribution in [2.45, 2.75) is 33.0 Å². The first-order valence-electron chi connectivity index (χ1n) is 6.44. The highest BCUT2D eigenvalue weighted by Crippen LogP contribution is 2.30. The Kier molecular flexibility index (Phi) is 5.73. The van der Waals surface area contributed by atoms with Crippen LogP contribution in [0.25, 0.3) is 0 Å². The first kappa shape index (κ1) is 15.6. The molecule has 5 heteroatoms. The van der Waals surface area contributed by atoms with Crippen LogP contribution in [0.3, 0.4) is 0 Å². The Labute approximate surface area is 133 Å². The second kappa shape index (κ2) is 7.32. The smallest absolute Gasteiger partial charge is 0.142 e. The van der Waals surface area contributed by atoms with Gasteiger partial charge < -0.3 is 10.1 Å². The van der Waals surface area contributed by atoms with E-state index in [4.69, 9.17) is 27.9 Å². The molecule has 0 bridgehead atoms. The van der Waals surface area contributed by atoms with Crippen LogP contribution in [0.1, 0.15) is 24.3 Å². The Balaban J connectivity index is 2.08. The fourth-order valence-electron chi connectivity index (χ4n) is 1.74. The minimum atomic E-state index is 0.415. The van der Waals surface area contributed by atoms with Gasteiger partial charge in [0.05, 0.1) is 9.36 Å². The number of nitrogens with one attached hydrogen (secondary N) is 1. The van der Waals surface area contributed by atoms with E-state index in [-0.39, 0.29) is 0 Å². The fraction of sp³-hybridized carbons (Fsp3) is 0.333. The summed E-state index contributed by atoms with van der Waals surface area (Å²) in [6, 6.07) is 10.1. The van der Waals surface area contributed by atoms with Crippen LogP contribution in [0.4, 0.5) is 0 Å². The van der Waals surface area contributed by atoms with Crippen molar-refractivity contribution >= 4 is 34.5 Å². The van der Waals surface area contributed by atoms with Gasteiger partial charge in [-0.05, 0) is 18.2 Å². The first-order valence-corrected chi connectivity index (χ1v) is 8.01. The molecule has 2 aromatic rings. The SMILES string of the molecule is CC(C)NCc1cccc(Cl)c1OCc1ccc(Cl)s1. The van der Waals surface area contributed by atoms with Crippen LogP contribution in [-0.2, 0) is 13.2 Å². The lowest BCUT2D eigenvalue weighted by Crippen LogP contribution is -2.22. The van der Waals surface area contributed by atoms with Gasteiger partial charge in [0.25, 0.3) is 0 Å². The topological polar surface area (TPSA) is 21.3 Å². The number of rotatable bonds is 6. The number of hydrogen-bond donors (Lipinski definition) is 1. The minimum absolute atomic E-state index is 0.415. The molecule has 1 heterocycles. The lowest BCUT2D eigenvalue weighted by atomic mass is 10.2. The number of ether oxygens (including phenoxy) is 1. The lowest BCUT2D eigenvalue weighted by molar-refractivity contribution is 0.305. The molecule has 2 rings (SSSR count). The summed E-state index contributed by atoms with van der Waals surface area (Å²) in [5.41, 5.74) is 1.06.